The molecule has 0 saturated heterocycles. The highest BCUT2D eigenvalue weighted by molar-refractivity contribution is 9.10. The number of rotatable bonds is 4. The molecule has 3 nitrogen and oxygen atoms in total. The molecular formula is C17H16BrNO2. The van der Waals surface area contributed by atoms with Gasteiger partial charge in [-0.1, -0.05) is 34.1 Å². The zero-order valence-electron chi connectivity index (χ0n) is 12.0. The third kappa shape index (κ3) is 4.02. The van der Waals surface area contributed by atoms with Crippen LogP contribution in [0.2, 0.25) is 0 Å². The summed E-state index contributed by atoms with van der Waals surface area (Å²) in [5.41, 5.74) is 3.30. The molecule has 0 aliphatic rings. The third-order valence-corrected chi connectivity index (χ3v) is 3.63. The highest BCUT2D eigenvalue weighted by atomic mass is 79.9. The smallest absolute Gasteiger partial charge is 0.338 e. The number of aliphatic imine (C=N–C) groups is 1. The first kappa shape index (κ1) is 15.4. The van der Waals surface area contributed by atoms with Gasteiger partial charge in [-0.2, -0.15) is 0 Å². The fraction of sp³-hybridized carbons (Fsp3) is 0.176. The van der Waals surface area contributed by atoms with Crippen molar-refractivity contribution in [2.24, 2.45) is 4.99 Å². The molecule has 2 rings (SSSR count). The van der Waals surface area contributed by atoms with Gasteiger partial charge < -0.3 is 4.74 Å². The van der Waals surface area contributed by atoms with Crippen molar-refractivity contribution in [3.05, 3.63) is 64.1 Å². The summed E-state index contributed by atoms with van der Waals surface area (Å²) < 4.78 is 5.96. The third-order valence-electron chi connectivity index (χ3n) is 2.94. The topological polar surface area (TPSA) is 38.7 Å². The van der Waals surface area contributed by atoms with Crippen LogP contribution in [0.25, 0.3) is 0 Å². The van der Waals surface area contributed by atoms with Gasteiger partial charge in [0.15, 0.2) is 0 Å². The first-order valence-corrected chi connectivity index (χ1v) is 7.48. The summed E-state index contributed by atoms with van der Waals surface area (Å²) in [6, 6.07) is 15.0. The van der Waals surface area contributed by atoms with E-state index in [1.807, 2.05) is 43.3 Å². The summed E-state index contributed by atoms with van der Waals surface area (Å²) in [6.07, 6.45) is 0. The quantitative estimate of drug-likeness (QED) is 0.591. The number of halogens is 1. The normalized spacial score (nSPS) is 11.3. The van der Waals surface area contributed by atoms with Crippen LogP contribution in [0.15, 0.2) is 58.0 Å². The van der Waals surface area contributed by atoms with E-state index in [4.69, 9.17) is 4.74 Å². The molecule has 0 unspecified atom stereocenters. The first-order valence-electron chi connectivity index (χ1n) is 6.69. The Bertz CT molecular complexity index is 663. The van der Waals surface area contributed by atoms with Gasteiger partial charge in [-0.05, 0) is 44.2 Å². The molecule has 0 spiro atoms. The van der Waals surface area contributed by atoms with Crippen molar-refractivity contribution < 1.29 is 9.53 Å². The summed E-state index contributed by atoms with van der Waals surface area (Å²) in [6.45, 7) is 4.12. The number of carbonyl (C=O) groups is 1. The molecule has 0 atom stereocenters. The van der Waals surface area contributed by atoms with E-state index in [9.17, 15) is 4.79 Å². The first-order chi connectivity index (χ1) is 10.1. The maximum absolute atomic E-state index is 11.6. The molecular weight excluding hydrogens is 330 g/mol. The Balaban J connectivity index is 2.21. The van der Waals surface area contributed by atoms with Gasteiger partial charge in [-0.15, -0.1) is 0 Å². The standard InChI is InChI=1S/C17H16BrNO2/c1-3-21-17(20)13-8-10-14(11-9-13)19-12(2)15-6-4-5-7-16(15)18/h4-11H,3H2,1-2H3. The Morgan fingerprint density at radius 1 is 1.14 bits per heavy atom. The second-order valence-electron chi connectivity index (χ2n) is 4.44. The fourth-order valence-electron chi connectivity index (χ4n) is 1.89. The van der Waals surface area contributed by atoms with Crippen LogP contribution in [0.4, 0.5) is 5.69 Å². The molecule has 0 bridgehead atoms. The molecule has 108 valence electrons. The Morgan fingerprint density at radius 3 is 2.43 bits per heavy atom. The lowest BCUT2D eigenvalue weighted by Crippen LogP contribution is -2.03. The molecule has 0 aromatic heterocycles. The Morgan fingerprint density at radius 2 is 1.81 bits per heavy atom. The van der Waals surface area contributed by atoms with Crippen LogP contribution in [0, 0.1) is 0 Å². The van der Waals surface area contributed by atoms with E-state index >= 15 is 0 Å². The minimum absolute atomic E-state index is 0.310. The maximum Gasteiger partial charge on any atom is 0.338 e. The molecule has 0 aliphatic heterocycles. The largest absolute Gasteiger partial charge is 0.462 e. The summed E-state index contributed by atoms with van der Waals surface area (Å²) in [5, 5.41) is 0. The Kier molecular flexibility index (Phi) is 5.28. The molecule has 21 heavy (non-hydrogen) atoms. The predicted octanol–water partition coefficient (Wildman–Crippen LogP) is 4.77. The van der Waals surface area contributed by atoms with Gasteiger partial charge in [0.2, 0.25) is 0 Å². The van der Waals surface area contributed by atoms with Gasteiger partial charge in [0, 0.05) is 15.7 Å². The van der Waals surface area contributed by atoms with Gasteiger partial charge in [-0.25, -0.2) is 4.79 Å². The monoisotopic (exact) mass is 345 g/mol. The van der Waals surface area contributed by atoms with Gasteiger partial charge in [0.1, 0.15) is 0 Å². The predicted molar refractivity (Wildman–Crippen MR) is 88.4 cm³/mol. The van der Waals surface area contributed by atoms with Crippen molar-refractivity contribution >= 4 is 33.3 Å². The molecule has 4 heteroatoms. The summed E-state index contributed by atoms with van der Waals surface area (Å²) in [7, 11) is 0. The molecule has 0 amide bonds. The van der Waals surface area contributed by atoms with E-state index in [2.05, 4.69) is 20.9 Å². The lowest BCUT2D eigenvalue weighted by atomic mass is 10.1. The maximum atomic E-state index is 11.6. The van der Waals surface area contributed by atoms with Crippen LogP contribution >= 0.6 is 15.9 Å². The summed E-state index contributed by atoms with van der Waals surface area (Å²) >= 11 is 3.52. The molecule has 0 fully saturated rings. The van der Waals surface area contributed by atoms with E-state index in [0.717, 1.165) is 21.4 Å². The number of hydrogen-bond acceptors (Lipinski definition) is 3. The van der Waals surface area contributed by atoms with Gasteiger partial charge >= 0.3 is 5.97 Å². The highest BCUT2D eigenvalue weighted by Gasteiger charge is 2.06. The average molecular weight is 346 g/mol. The zero-order chi connectivity index (χ0) is 15.2. The van der Waals surface area contributed by atoms with Crippen molar-refractivity contribution in [1.82, 2.24) is 0 Å². The van der Waals surface area contributed by atoms with Crippen LogP contribution in [-0.2, 0) is 4.74 Å². The fourth-order valence-corrected chi connectivity index (χ4v) is 2.47. The van der Waals surface area contributed by atoms with Crippen molar-refractivity contribution in [3.8, 4) is 0 Å². The molecule has 2 aromatic rings. The van der Waals surface area contributed by atoms with Crippen LogP contribution in [0.1, 0.15) is 29.8 Å². The van der Waals surface area contributed by atoms with E-state index in [-0.39, 0.29) is 5.97 Å². The molecule has 2 aromatic carbocycles. The van der Waals surface area contributed by atoms with E-state index < -0.39 is 0 Å². The number of ether oxygens (including phenoxy) is 1. The molecule has 0 N–H and O–H groups in total. The van der Waals surface area contributed by atoms with Crippen LogP contribution in [-0.4, -0.2) is 18.3 Å². The van der Waals surface area contributed by atoms with Gasteiger partial charge in [0.25, 0.3) is 0 Å². The summed E-state index contributed by atoms with van der Waals surface area (Å²) in [4.78, 5) is 16.2. The highest BCUT2D eigenvalue weighted by Crippen LogP contribution is 2.20. The Labute approximate surface area is 132 Å². The number of nitrogens with zero attached hydrogens (tertiary/aromatic N) is 1. The Hall–Kier alpha value is -1.94. The van der Waals surface area contributed by atoms with Gasteiger partial charge in [0.05, 0.1) is 17.9 Å². The molecule has 0 saturated carbocycles. The zero-order valence-corrected chi connectivity index (χ0v) is 13.6. The number of benzene rings is 2. The lowest BCUT2D eigenvalue weighted by molar-refractivity contribution is 0.0526. The second kappa shape index (κ2) is 7.18. The van der Waals surface area contributed by atoms with E-state index in [1.54, 1.807) is 19.1 Å². The van der Waals surface area contributed by atoms with Crippen LogP contribution < -0.4 is 0 Å². The summed E-state index contributed by atoms with van der Waals surface area (Å²) in [5.74, 6) is -0.310. The van der Waals surface area contributed by atoms with Crippen molar-refractivity contribution in [1.29, 1.82) is 0 Å². The van der Waals surface area contributed by atoms with Crippen molar-refractivity contribution in [2.45, 2.75) is 13.8 Å². The minimum Gasteiger partial charge on any atom is -0.462 e. The second-order valence-corrected chi connectivity index (χ2v) is 5.30. The molecule has 0 heterocycles. The molecule has 0 aliphatic carbocycles. The number of hydrogen-bond donors (Lipinski definition) is 0. The van der Waals surface area contributed by atoms with Gasteiger partial charge in [-0.3, -0.25) is 4.99 Å². The molecule has 0 radical (unpaired) electrons. The van der Waals surface area contributed by atoms with E-state index in [0.29, 0.717) is 12.2 Å². The van der Waals surface area contributed by atoms with Crippen molar-refractivity contribution in [2.75, 3.05) is 6.61 Å². The SMILES string of the molecule is CCOC(=O)c1ccc(N=C(C)c2ccccc2Br)cc1. The van der Waals surface area contributed by atoms with Crippen molar-refractivity contribution in [3.63, 3.8) is 0 Å². The average Bonchev–Trinajstić information content (AvgIpc) is 2.48. The minimum atomic E-state index is -0.310. The lowest BCUT2D eigenvalue weighted by Gasteiger charge is -2.05. The number of esters is 1. The van der Waals surface area contributed by atoms with E-state index in [1.165, 1.54) is 0 Å². The number of carbonyl (C=O) groups excluding carboxylic acids is 1. The van der Waals surface area contributed by atoms with Crippen LogP contribution in [0.3, 0.4) is 0 Å². The van der Waals surface area contributed by atoms with Crippen LogP contribution in [0.5, 0.6) is 0 Å².